The minimum Gasteiger partial charge on any atom is -0.326 e. The highest BCUT2D eigenvalue weighted by molar-refractivity contribution is 8.00. The molecule has 0 spiro atoms. The molecule has 2 heterocycles. The van der Waals surface area contributed by atoms with Gasteiger partial charge in [0.2, 0.25) is 11.8 Å². The smallest absolute Gasteiger partial charge is 0.326 e. The Labute approximate surface area is 185 Å². The quantitative estimate of drug-likeness (QED) is 0.527. The highest BCUT2D eigenvalue weighted by Crippen LogP contribution is 2.42. The molecule has 1 aliphatic rings. The van der Waals surface area contributed by atoms with Crippen LogP contribution >= 0.6 is 23.1 Å². The lowest BCUT2D eigenvalue weighted by atomic mass is 10.1. The molecule has 1 aliphatic heterocycles. The highest BCUT2D eigenvalue weighted by Gasteiger charge is 2.35. The zero-order valence-electron chi connectivity index (χ0n) is 16.1. The van der Waals surface area contributed by atoms with Crippen LogP contribution in [0.5, 0.6) is 0 Å². The molecule has 0 unspecified atom stereocenters. The molecule has 160 valence electrons. The second-order valence-corrected chi connectivity index (χ2v) is 9.00. The van der Waals surface area contributed by atoms with E-state index in [1.165, 1.54) is 40.1 Å². The van der Waals surface area contributed by atoms with Crippen molar-refractivity contribution in [2.24, 2.45) is 0 Å². The van der Waals surface area contributed by atoms with E-state index in [4.69, 9.17) is 0 Å². The van der Waals surface area contributed by atoms with Crippen LogP contribution in [0, 0.1) is 0 Å². The van der Waals surface area contributed by atoms with Gasteiger partial charge < -0.3 is 5.32 Å². The minimum absolute atomic E-state index is 0.119. The summed E-state index contributed by atoms with van der Waals surface area (Å²) in [6.07, 6.45) is -4.13. The molecule has 0 bridgehead atoms. The Hall–Kier alpha value is -2.78. The van der Waals surface area contributed by atoms with Crippen molar-refractivity contribution in [2.75, 3.05) is 16.0 Å². The van der Waals surface area contributed by atoms with E-state index in [1.807, 2.05) is 29.6 Å². The predicted molar refractivity (Wildman–Crippen MR) is 117 cm³/mol. The van der Waals surface area contributed by atoms with Gasteiger partial charge in [0.15, 0.2) is 0 Å². The van der Waals surface area contributed by atoms with Gasteiger partial charge in [-0.05, 0) is 53.4 Å². The van der Waals surface area contributed by atoms with Crippen molar-refractivity contribution in [3.8, 4) is 0 Å². The van der Waals surface area contributed by atoms with Crippen molar-refractivity contribution >= 4 is 46.3 Å². The topological polar surface area (TPSA) is 49.4 Å². The average Bonchev–Trinajstić information content (AvgIpc) is 3.37. The first-order valence-corrected chi connectivity index (χ1v) is 11.3. The van der Waals surface area contributed by atoms with Crippen LogP contribution in [0.1, 0.15) is 21.4 Å². The van der Waals surface area contributed by atoms with Gasteiger partial charge in [-0.2, -0.15) is 13.2 Å². The zero-order chi connectivity index (χ0) is 22.0. The zero-order valence-corrected chi connectivity index (χ0v) is 17.7. The Morgan fingerprint density at radius 1 is 1.06 bits per heavy atom. The number of carbonyl (C=O) groups is 2. The van der Waals surface area contributed by atoms with Crippen molar-refractivity contribution in [1.29, 1.82) is 0 Å². The third-order valence-corrected chi connectivity index (χ3v) is 6.82. The average molecular weight is 463 g/mol. The molecule has 1 aromatic heterocycles. The van der Waals surface area contributed by atoms with Crippen LogP contribution in [-0.4, -0.2) is 17.6 Å². The molecule has 0 saturated carbocycles. The number of thioether (sulfide) groups is 1. The van der Waals surface area contributed by atoms with Gasteiger partial charge in [0, 0.05) is 16.3 Å². The van der Waals surface area contributed by atoms with Gasteiger partial charge in [-0.15, -0.1) is 23.1 Å². The largest absolute Gasteiger partial charge is 0.416 e. The standard InChI is InChI=1S/C22H17F3N2O2S2/c23-22(24,25)15-5-9-17(10-6-15)27-20(29)13-31-21(27)14-3-7-16(8-4-14)26-19(28)12-18-2-1-11-30-18/h1-11,21H,12-13H2,(H,26,28)/t21-/m1/s1. The molecule has 31 heavy (non-hydrogen) atoms. The van der Waals surface area contributed by atoms with Crippen molar-refractivity contribution in [1.82, 2.24) is 0 Å². The second kappa shape index (κ2) is 8.76. The lowest BCUT2D eigenvalue weighted by Gasteiger charge is -2.25. The first-order valence-electron chi connectivity index (χ1n) is 9.34. The highest BCUT2D eigenvalue weighted by atomic mass is 32.2. The maximum absolute atomic E-state index is 12.8. The third-order valence-electron chi connectivity index (χ3n) is 4.74. The van der Waals surface area contributed by atoms with Gasteiger partial charge in [-0.25, -0.2) is 0 Å². The molecular formula is C22H17F3N2O2S2. The number of hydrogen-bond donors (Lipinski definition) is 1. The fourth-order valence-electron chi connectivity index (χ4n) is 3.27. The summed E-state index contributed by atoms with van der Waals surface area (Å²) in [6, 6.07) is 15.5. The van der Waals surface area contributed by atoms with Gasteiger partial charge >= 0.3 is 6.18 Å². The van der Waals surface area contributed by atoms with E-state index < -0.39 is 11.7 Å². The molecule has 1 atom stereocenters. The number of anilines is 2. The molecular weight excluding hydrogens is 445 g/mol. The number of thiophene rings is 1. The summed E-state index contributed by atoms with van der Waals surface area (Å²) >= 11 is 2.93. The summed E-state index contributed by atoms with van der Waals surface area (Å²) in [5, 5.41) is 4.41. The summed E-state index contributed by atoms with van der Waals surface area (Å²) < 4.78 is 38.5. The lowest BCUT2D eigenvalue weighted by Crippen LogP contribution is -2.27. The summed E-state index contributed by atoms with van der Waals surface area (Å²) in [7, 11) is 0. The second-order valence-electron chi connectivity index (χ2n) is 6.90. The Morgan fingerprint density at radius 3 is 2.39 bits per heavy atom. The first kappa shape index (κ1) is 21.5. The molecule has 1 fully saturated rings. The fraction of sp³-hybridized carbons (Fsp3) is 0.182. The number of benzene rings is 2. The van der Waals surface area contributed by atoms with Gasteiger partial charge in [-0.1, -0.05) is 18.2 Å². The summed E-state index contributed by atoms with van der Waals surface area (Å²) in [5.74, 6) is -0.0413. The third kappa shape index (κ3) is 4.94. The monoisotopic (exact) mass is 462 g/mol. The molecule has 1 saturated heterocycles. The molecule has 2 amide bonds. The van der Waals surface area contributed by atoms with Crippen LogP contribution in [0.4, 0.5) is 24.5 Å². The van der Waals surface area contributed by atoms with Crippen LogP contribution < -0.4 is 10.2 Å². The van der Waals surface area contributed by atoms with E-state index >= 15 is 0 Å². The van der Waals surface area contributed by atoms with Gasteiger partial charge in [0.25, 0.3) is 0 Å². The number of rotatable bonds is 5. The maximum Gasteiger partial charge on any atom is 0.416 e. The molecule has 4 nitrogen and oxygen atoms in total. The summed E-state index contributed by atoms with van der Waals surface area (Å²) in [5.41, 5.74) is 1.13. The molecule has 0 aliphatic carbocycles. The van der Waals surface area contributed by atoms with Crippen molar-refractivity contribution in [3.05, 3.63) is 82.0 Å². The summed E-state index contributed by atoms with van der Waals surface area (Å²) in [4.78, 5) is 27.1. The van der Waals surface area contributed by atoms with Crippen LogP contribution in [0.15, 0.2) is 66.0 Å². The number of hydrogen-bond acceptors (Lipinski definition) is 4. The van der Waals surface area contributed by atoms with Gasteiger partial charge in [0.1, 0.15) is 5.37 Å². The Bertz CT molecular complexity index is 1070. The minimum atomic E-state index is -4.43. The van der Waals surface area contributed by atoms with Crippen LogP contribution in [0.2, 0.25) is 0 Å². The Kier molecular flexibility index (Phi) is 6.06. The number of halogens is 3. The van der Waals surface area contributed by atoms with Crippen molar-refractivity contribution in [2.45, 2.75) is 18.0 Å². The summed E-state index contributed by atoms with van der Waals surface area (Å²) in [6.45, 7) is 0. The number of nitrogens with zero attached hydrogens (tertiary/aromatic N) is 1. The number of carbonyl (C=O) groups excluding carboxylic acids is 2. The predicted octanol–water partition coefficient (Wildman–Crippen LogP) is 5.73. The van der Waals surface area contributed by atoms with Crippen LogP contribution in [0.25, 0.3) is 0 Å². The Morgan fingerprint density at radius 2 is 1.77 bits per heavy atom. The Balaban J connectivity index is 1.47. The number of nitrogens with one attached hydrogen (secondary N) is 1. The van der Waals surface area contributed by atoms with Crippen LogP contribution in [0.3, 0.4) is 0 Å². The van der Waals surface area contributed by atoms with Gasteiger partial charge in [0.05, 0.1) is 17.7 Å². The maximum atomic E-state index is 12.8. The van der Waals surface area contributed by atoms with E-state index in [1.54, 1.807) is 12.1 Å². The van der Waals surface area contributed by atoms with Crippen LogP contribution in [-0.2, 0) is 22.2 Å². The van der Waals surface area contributed by atoms with E-state index in [0.29, 0.717) is 17.8 Å². The van der Waals surface area contributed by atoms with E-state index in [0.717, 1.165) is 22.6 Å². The van der Waals surface area contributed by atoms with Gasteiger partial charge in [-0.3, -0.25) is 14.5 Å². The molecule has 9 heteroatoms. The molecule has 0 radical (unpaired) electrons. The normalized spacial score (nSPS) is 16.5. The molecule has 4 rings (SSSR count). The van der Waals surface area contributed by atoms with Crippen molar-refractivity contribution in [3.63, 3.8) is 0 Å². The van der Waals surface area contributed by atoms with E-state index in [2.05, 4.69) is 5.32 Å². The number of amides is 2. The molecule has 1 N–H and O–H groups in total. The fourth-order valence-corrected chi connectivity index (χ4v) is 5.15. The molecule has 2 aromatic carbocycles. The van der Waals surface area contributed by atoms with E-state index in [-0.39, 0.29) is 22.9 Å². The van der Waals surface area contributed by atoms with Crippen molar-refractivity contribution < 1.29 is 22.8 Å². The SMILES string of the molecule is O=C(Cc1cccs1)Nc1ccc([C@H]2SCC(=O)N2c2ccc(C(F)(F)F)cc2)cc1. The number of alkyl halides is 3. The van der Waals surface area contributed by atoms with E-state index in [9.17, 15) is 22.8 Å². The first-order chi connectivity index (χ1) is 14.8. The molecule has 3 aromatic rings. The lowest BCUT2D eigenvalue weighted by molar-refractivity contribution is -0.137.